The monoisotopic (exact) mass is 531 g/mol. The van der Waals surface area contributed by atoms with Gasteiger partial charge in [0.25, 0.3) is 0 Å². The number of rotatable bonds is 8. The van der Waals surface area contributed by atoms with Crippen molar-refractivity contribution in [3.8, 4) is 0 Å². The molecule has 2 N–H and O–H groups in total. The number of anilines is 1. The number of pyridine rings is 1. The standard InChI is InChI=1S/C33H39ClFN3/c34-24-12-13-28-30(16-24)38-29-11-5-4-10-27(29)31(28)36-14-6-1-7-15-37-33-19-22-17-32(35,21-33)18-23(20-33)26-9-3-2-8-25(22)26/h2-3,8-9,12-13,16,22-23,37H,1,4-7,10-11,14-15,17-21H2,(H,36,38). The second-order valence-corrected chi connectivity index (χ2v) is 13.1. The molecule has 1 aromatic heterocycles. The number of fused-ring (bicyclic) bond motifs is 2. The molecule has 4 bridgehead atoms. The Morgan fingerprint density at radius 2 is 1.63 bits per heavy atom. The van der Waals surface area contributed by atoms with Gasteiger partial charge in [0, 0.05) is 33.9 Å². The van der Waals surface area contributed by atoms with Crippen molar-refractivity contribution in [1.82, 2.24) is 10.3 Å². The third-order valence-corrected chi connectivity index (χ3v) is 10.1. The Morgan fingerprint density at radius 1 is 0.895 bits per heavy atom. The number of nitrogens with zero attached hydrogens (tertiary/aromatic N) is 1. The van der Waals surface area contributed by atoms with Crippen LogP contribution in [0.3, 0.4) is 0 Å². The zero-order valence-electron chi connectivity index (χ0n) is 22.3. The summed E-state index contributed by atoms with van der Waals surface area (Å²) < 4.78 is 16.0. The first-order valence-corrected chi connectivity index (χ1v) is 15.3. The molecule has 0 amide bonds. The summed E-state index contributed by atoms with van der Waals surface area (Å²) in [6.07, 6.45) is 12.4. The minimum absolute atomic E-state index is 0.0336. The van der Waals surface area contributed by atoms with Gasteiger partial charge in [-0.3, -0.25) is 4.98 Å². The number of hydrogen-bond acceptors (Lipinski definition) is 3. The highest BCUT2D eigenvalue weighted by Gasteiger charge is 2.57. The molecule has 0 spiro atoms. The first-order valence-electron chi connectivity index (χ1n) is 14.9. The van der Waals surface area contributed by atoms with E-state index < -0.39 is 5.67 Å². The van der Waals surface area contributed by atoms with E-state index in [1.165, 1.54) is 52.7 Å². The van der Waals surface area contributed by atoms with Crippen LogP contribution in [0, 0.1) is 0 Å². The number of halogens is 2. The van der Waals surface area contributed by atoms with Gasteiger partial charge >= 0.3 is 0 Å². The van der Waals surface area contributed by atoms with Crippen molar-refractivity contribution in [3.05, 3.63) is 69.9 Å². The molecule has 2 aromatic carbocycles. The van der Waals surface area contributed by atoms with E-state index in [0.29, 0.717) is 18.3 Å². The predicted molar refractivity (Wildman–Crippen MR) is 155 cm³/mol. The number of nitrogens with one attached hydrogen (secondary N) is 2. The lowest BCUT2D eigenvalue weighted by Gasteiger charge is -2.52. The molecule has 3 nitrogen and oxygen atoms in total. The van der Waals surface area contributed by atoms with Crippen molar-refractivity contribution in [1.29, 1.82) is 0 Å². The average molecular weight is 532 g/mol. The SMILES string of the molecule is FC12CC3CC(NCCCCCNc4c5c(nc6cc(Cl)ccc46)CCCC5)(CC(C1)c1ccccc13)C2. The van der Waals surface area contributed by atoms with Crippen LogP contribution in [0.5, 0.6) is 0 Å². The largest absolute Gasteiger partial charge is 0.384 e. The van der Waals surface area contributed by atoms with Gasteiger partial charge in [-0.25, -0.2) is 4.39 Å². The molecule has 1 heterocycles. The Bertz CT molecular complexity index is 1320. The van der Waals surface area contributed by atoms with Crippen LogP contribution >= 0.6 is 11.6 Å². The summed E-state index contributed by atoms with van der Waals surface area (Å²) in [5.41, 5.74) is 6.76. The van der Waals surface area contributed by atoms with Crippen molar-refractivity contribution in [2.24, 2.45) is 0 Å². The zero-order chi connectivity index (χ0) is 25.7. The van der Waals surface area contributed by atoms with Crippen LogP contribution in [0.15, 0.2) is 42.5 Å². The predicted octanol–water partition coefficient (Wildman–Crippen LogP) is 8.24. The van der Waals surface area contributed by atoms with Gasteiger partial charge < -0.3 is 10.6 Å². The van der Waals surface area contributed by atoms with E-state index in [9.17, 15) is 0 Å². The summed E-state index contributed by atoms with van der Waals surface area (Å²) in [5.74, 6) is 0.732. The Kier molecular flexibility index (Phi) is 6.40. The van der Waals surface area contributed by atoms with Gasteiger partial charge in [-0.2, -0.15) is 0 Å². The molecule has 2 fully saturated rings. The highest BCUT2D eigenvalue weighted by atomic mass is 35.5. The number of aryl methyl sites for hydroxylation is 1. The summed E-state index contributed by atoms with van der Waals surface area (Å²) in [6, 6.07) is 14.9. The van der Waals surface area contributed by atoms with E-state index in [1.807, 2.05) is 12.1 Å². The van der Waals surface area contributed by atoms with Gasteiger partial charge in [0.15, 0.2) is 0 Å². The van der Waals surface area contributed by atoms with Gasteiger partial charge in [-0.15, -0.1) is 0 Å². The Morgan fingerprint density at radius 3 is 2.42 bits per heavy atom. The second kappa shape index (κ2) is 9.78. The fraction of sp³-hybridized carbons (Fsp3) is 0.545. The molecule has 8 rings (SSSR count). The number of unbranched alkanes of at least 4 members (excludes halogenated alkanes) is 2. The lowest BCUT2D eigenvalue weighted by molar-refractivity contribution is -0.0127. The van der Waals surface area contributed by atoms with Gasteiger partial charge in [0.2, 0.25) is 0 Å². The fourth-order valence-corrected chi connectivity index (χ4v) is 8.69. The van der Waals surface area contributed by atoms with Crippen LogP contribution in [-0.2, 0) is 12.8 Å². The van der Waals surface area contributed by atoms with Crippen molar-refractivity contribution in [2.45, 2.75) is 100 Å². The van der Waals surface area contributed by atoms with E-state index >= 15 is 4.39 Å². The molecule has 38 heavy (non-hydrogen) atoms. The highest BCUT2D eigenvalue weighted by molar-refractivity contribution is 6.31. The van der Waals surface area contributed by atoms with Crippen molar-refractivity contribution >= 4 is 28.2 Å². The van der Waals surface area contributed by atoms with E-state index in [0.717, 1.165) is 75.0 Å². The third kappa shape index (κ3) is 4.52. The van der Waals surface area contributed by atoms with Crippen molar-refractivity contribution in [2.75, 3.05) is 18.4 Å². The lowest BCUT2D eigenvalue weighted by Crippen LogP contribution is -2.58. The smallest absolute Gasteiger partial charge is 0.114 e. The molecule has 2 atom stereocenters. The van der Waals surface area contributed by atoms with Crippen LogP contribution in [0.4, 0.5) is 10.1 Å². The third-order valence-electron chi connectivity index (χ3n) is 9.91. The molecule has 5 aliphatic carbocycles. The van der Waals surface area contributed by atoms with E-state index in [2.05, 4.69) is 41.0 Å². The quantitative estimate of drug-likeness (QED) is 0.287. The first-order chi connectivity index (χ1) is 18.5. The average Bonchev–Trinajstić information content (AvgIpc) is 3.05. The molecule has 2 saturated carbocycles. The number of benzene rings is 2. The van der Waals surface area contributed by atoms with Crippen molar-refractivity contribution in [3.63, 3.8) is 0 Å². The van der Waals surface area contributed by atoms with Gasteiger partial charge in [-0.1, -0.05) is 42.3 Å². The topological polar surface area (TPSA) is 37.0 Å². The highest BCUT2D eigenvalue weighted by Crippen LogP contribution is 2.60. The van der Waals surface area contributed by atoms with Crippen LogP contribution in [0.2, 0.25) is 5.02 Å². The molecule has 200 valence electrons. The van der Waals surface area contributed by atoms with Crippen LogP contribution in [0.1, 0.15) is 98.4 Å². The minimum atomic E-state index is -1.00. The molecule has 5 aliphatic rings. The maximum Gasteiger partial charge on any atom is 0.114 e. The van der Waals surface area contributed by atoms with E-state index in [1.54, 1.807) is 0 Å². The summed E-state index contributed by atoms with van der Waals surface area (Å²) >= 11 is 6.28. The maximum absolute atomic E-state index is 16.0. The van der Waals surface area contributed by atoms with E-state index in [4.69, 9.17) is 16.6 Å². The Balaban J connectivity index is 0.958. The summed E-state index contributed by atoms with van der Waals surface area (Å²) in [4.78, 5) is 4.95. The van der Waals surface area contributed by atoms with Crippen LogP contribution < -0.4 is 10.6 Å². The molecular weight excluding hydrogens is 493 g/mol. The second-order valence-electron chi connectivity index (χ2n) is 12.6. The fourth-order valence-electron chi connectivity index (χ4n) is 8.53. The number of alkyl halides is 1. The van der Waals surface area contributed by atoms with Gasteiger partial charge in [0.05, 0.1) is 5.52 Å². The summed E-state index contributed by atoms with van der Waals surface area (Å²) in [6.45, 7) is 1.95. The minimum Gasteiger partial charge on any atom is -0.384 e. The summed E-state index contributed by atoms with van der Waals surface area (Å²) in [5, 5.41) is 9.65. The zero-order valence-corrected chi connectivity index (χ0v) is 23.1. The molecule has 3 aromatic rings. The molecule has 2 unspecified atom stereocenters. The molecule has 0 aliphatic heterocycles. The number of hydrogen-bond donors (Lipinski definition) is 2. The van der Waals surface area contributed by atoms with Crippen LogP contribution in [0.25, 0.3) is 10.9 Å². The van der Waals surface area contributed by atoms with Gasteiger partial charge in [0.1, 0.15) is 5.67 Å². The Hall–Kier alpha value is -2.17. The Labute approximate surface area is 231 Å². The first kappa shape index (κ1) is 24.8. The maximum atomic E-state index is 16.0. The normalized spacial score (nSPS) is 29.2. The summed E-state index contributed by atoms with van der Waals surface area (Å²) in [7, 11) is 0. The van der Waals surface area contributed by atoms with Crippen LogP contribution in [-0.4, -0.2) is 29.3 Å². The van der Waals surface area contributed by atoms with Gasteiger partial charge in [-0.05, 0) is 124 Å². The molecular formula is C33H39ClFN3. The van der Waals surface area contributed by atoms with Crippen molar-refractivity contribution < 1.29 is 4.39 Å². The lowest BCUT2D eigenvalue weighted by atomic mass is 9.61. The molecule has 0 radical (unpaired) electrons. The molecule has 5 heteroatoms. The van der Waals surface area contributed by atoms with E-state index in [-0.39, 0.29) is 5.54 Å². The number of aromatic nitrogens is 1. The molecule has 0 saturated heterocycles.